The van der Waals surface area contributed by atoms with E-state index in [0.717, 1.165) is 77.0 Å². The van der Waals surface area contributed by atoms with Crippen molar-refractivity contribution in [2.24, 2.45) is 0 Å². The minimum atomic E-state index is -0.681. The lowest BCUT2D eigenvalue weighted by Crippen LogP contribution is -2.18. The van der Waals surface area contributed by atoms with Crippen molar-refractivity contribution in [2.75, 3.05) is 0 Å². The van der Waals surface area contributed by atoms with Gasteiger partial charge in [0.05, 0.1) is 0 Å². The van der Waals surface area contributed by atoms with Crippen molar-refractivity contribution in [3.05, 3.63) is 36.5 Å². The lowest BCUT2D eigenvalue weighted by Gasteiger charge is -2.18. The largest absolute Gasteiger partial charge is 0.481 e. The van der Waals surface area contributed by atoms with E-state index >= 15 is 0 Å². The second-order valence-corrected chi connectivity index (χ2v) is 12.0. The van der Waals surface area contributed by atoms with Crippen molar-refractivity contribution >= 4 is 11.9 Å². The molecule has 0 aromatic rings. The Labute approximate surface area is 260 Å². The maximum Gasteiger partial charge on any atom is 0.306 e. The summed E-state index contributed by atoms with van der Waals surface area (Å²) < 4.78 is 5.93. The van der Waals surface area contributed by atoms with E-state index in [4.69, 9.17) is 9.84 Å². The Balaban J connectivity index is 3.76. The Morgan fingerprint density at radius 3 is 1.55 bits per heavy atom. The Morgan fingerprint density at radius 2 is 1.00 bits per heavy atom. The van der Waals surface area contributed by atoms with Crippen LogP contribution in [0.2, 0.25) is 0 Å². The summed E-state index contributed by atoms with van der Waals surface area (Å²) in [5.74, 6) is -0.668. The SMILES string of the molecule is CC/C=C\C/C=C\C/C=C\CCCCCCCCCC(=O)OC(CCCCC)CCCCCCCCCCCC(=O)O. The molecule has 0 aromatic heterocycles. The fourth-order valence-corrected chi connectivity index (χ4v) is 5.26. The van der Waals surface area contributed by atoms with Gasteiger partial charge < -0.3 is 9.84 Å². The van der Waals surface area contributed by atoms with Gasteiger partial charge in [-0.25, -0.2) is 0 Å². The first-order valence-corrected chi connectivity index (χ1v) is 18.0. The molecular weight excluding hydrogens is 520 g/mol. The van der Waals surface area contributed by atoms with Crippen LogP contribution in [0.5, 0.6) is 0 Å². The van der Waals surface area contributed by atoms with Crippen LogP contribution in [0, 0.1) is 0 Å². The zero-order valence-corrected chi connectivity index (χ0v) is 27.8. The van der Waals surface area contributed by atoms with Gasteiger partial charge in [-0.05, 0) is 70.6 Å². The number of carbonyl (C=O) groups excluding carboxylic acids is 1. The first-order chi connectivity index (χ1) is 20.6. The molecule has 0 aromatic carbocycles. The van der Waals surface area contributed by atoms with Gasteiger partial charge in [0.25, 0.3) is 0 Å². The average Bonchev–Trinajstić information content (AvgIpc) is 2.97. The summed E-state index contributed by atoms with van der Waals surface area (Å²) in [7, 11) is 0. The molecule has 0 aliphatic carbocycles. The number of allylic oxidation sites excluding steroid dienone is 6. The van der Waals surface area contributed by atoms with Gasteiger partial charge in [0, 0.05) is 12.8 Å². The van der Waals surface area contributed by atoms with E-state index in [1.807, 2.05) is 0 Å². The summed E-state index contributed by atoms with van der Waals surface area (Å²) in [4.78, 5) is 23.0. The highest BCUT2D eigenvalue weighted by Crippen LogP contribution is 2.18. The first kappa shape index (κ1) is 40.2. The summed E-state index contributed by atoms with van der Waals surface area (Å²) in [6.45, 7) is 4.39. The van der Waals surface area contributed by atoms with Gasteiger partial charge in [-0.1, -0.05) is 140 Å². The fourth-order valence-electron chi connectivity index (χ4n) is 5.26. The van der Waals surface area contributed by atoms with Gasteiger partial charge in [-0.2, -0.15) is 0 Å². The molecule has 0 aliphatic heterocycles. The molecule has 0 spiro atoms. The van der Waals surface area contributed by atoms with E-state index in [1.165, 1.54) is 83.5 Å². The minimum absolute atomic E-state index is 0.0125. The lowest BCUT2D eigenvalue weighted by atomic mass is 10.0. The molecule has 4 heteroatoms. The van der Waals surface area contributed by atoms with Crippen LogP contribution < -0.4 is 0 Å². The monoisotopic (exact) mass is 589 g/mol. The Kier molecular flexibility index (Phi) is 32.2. The van der Waals surface area contributed by atoms with E-state index < -0.39 is 5.97 Å². The number of carboxylic acid groups (broad SMARTS) is 1. The smallest absolute Gasteiger partial charge is 0.306 e. The van der Waals surface area contributed by atoms with Crippen LogP contribution in [-0.4, -0.2) is 23.1 Å². The summed E-state index contributed by atoms with van der Waals surface area (Å²) in [6, 6.07) is 0. The molecule has 0 amide bonds. The highest BCUT2D eigenvalue weighted by atomic mass is 16.5. The van der Waals surface area contributed by atoms with Gasteiger partial charge >= 0.3 is 11.9 Å². The molecule has 4 nitrogen and oxygen atoms in total. The highest BCUT2D eigenvalue weighted by molar-refractivity contribution is 5.69. The third-order valence-corrected chi connectivity index (χ3v) is 7.88. The fraction of sp³-hybridized carbons (Fsp3) is 0.789. The molecular formula is C38H68O4. The number of unbranched alkanes of at least 4 members (excludes halogenated alkanes) is 17. The number of rotatable bonds is 32. The van der Waals surface area contributed by atoms with Gasteiger partial charge in [-0.15, -0.1) is 0 Å². The quantitative estimate of drug-likeness (QED) is 0.0482. The average molecular weight is 589 g/mol. The van der Waals surface area contributed by atoms with Crippen molar-refractivity contribution in [1.82, 2.24) is 0 Å². The molecule has 1 N–H and O–H groups in total. The number of carbonyl (C=O) groups is 2. The van der Waals surface area contributed by atoms with E-state index in [2.05, 4.69) is 50.3 Å². The first-order valence-electron chi connectivity index (χ1n) is 18.0. The van der Waals surface area contributed by atoms with Crippen LogP contribution in [-0.2, 0) is 14.3 Å². The summed E-state index contributed by atoms with van der Waals surface area (Å²) in [5, 5.41) is 8.68. The maximum atomic E-state index is 12.5. The molecule has 1 unspecified atom stereocenters. The summed E-state index contributed by atoms with van der Waals surface area (Å²) in [6.07, 6.45) is 43.3. The van der Waals surface area contributed by atoms with Crippen molar-refractivity contribution in [1.29, 1.82) is 0 Å². The van der Waals surface area contributed by atoms with E-state index in [0.29, 0.717) is 12.8 Å². The number of ether oxygens (including phenoxy) is 1. The third-order valence-electron chi connectivity index (χ3n) is 7.88. The molecule has 244 valence electrons. The standard InChI is InChI=1S/C38H68O4/c1-3-5-7-8-9-10-11-12-13-14-15-16-17-21-24-27-31-35-38(41)42-36(32-28-6-4-2)33-29-25-22-19-18-20-23-26-30-34-37(39)40/h5,7,9-10,12-13,36H,3-4,6,8,11,14-35H2,1-2H3,(H,39,40)/b7-5-,10-9-,13-12-. The summed E-state index contributed by atoms with van der Waals surface area (Å²) >= 11 is 0. The highest BCUT2D eigenvalue weighted by Gasteiger charge is 2.14. The molecule has 0 fully saturated rings. The van der Waals surface area contributed by atoms with Crippen molar-refractivity contribution in [3.63, 3.8) is 0 Å². The van der Waals surface area contributed by atoms with Gasteiger partial charge in [-0.3, -0.25) is 9.59 Å². The van der Waals surface area contributed by atoms with Crippen LogP contribution in [0.3, 0.4) is 0 Å². The third kappa shape index (κ3) is 32.7. The van der Waals surface area contributed by atoms with E-state index in [1.54, 1.807) is 0 Å². The Morgan fingerprint density at radius 1 is 0.548 bits per heavy atom. The van der Waals surface area contributed by atoms with Crippen molar-refractivity contribution in [2.45, 2.75) is 193 Å². The zero-order chi connectivity index (χ0) is 30.8. The molecule has 42 heavy (non-hydrogen) atoms. The van der Waals surface area contributed by atoms with Gasteiger partial charge in [0.2, 0.25) is 0 Å². The lowest BCUT2D eigenvalue weighted by molar-refractivity contribution is -0.150. The second kappa shape index (κ2) is 33.7. The predicted octanol–water partition coefficient (Wildman–Crippen LogP) is 12.2. The molecule has 0 heterocycles. The van der Waals surface area contributed by atoms with Crippen LogP contribution >= 0.6 is 0 Å². The van der Waals surface area contributed by atoms with Crippen LogP contribution in [0.25, 0.3) is 0 Å². The molecule has 0 aliphatic rings. The second-order valence-electron chi connectivity index (χ2n) is 12.0. The van der Waals surface area contributed by atoms with Crippen LogP contribution in [0.15, 0.2) is 36.5 Å². The van der Waals surface area contributed by atoms with E-state index in [-0.39, 0.29) is 12.1 Å². The number of hydrogen-bond acceptors (Lipinski definition) is 3. The molecule has 0 bridgehead atoms. The zero-order valence-electron chi connectivity index (χ0n) is 27.8. The molecule has 0 rings (SSSR count). The number of aliphatic carboxylic acids is 1. The normalized spacial score (nSPS) is 12.6. The summed E-state index contributed by atoms with van der Waals surface area (Å²) in [5.41, 5.74) is 0. The molecule has 0 saturated heterocycles. The van der Waals surface area contributed by atoms with E-state index in [9.17, 15) is 9.59 Å². The van der Waals surface area contributed by atoms with Crippen LogP contribution in [0.1, 0.15) is 187 Å². The molecule has 0 radical (unpaired) electrons. The number of esters is 1. The maximum absolute atomic E-state index is 12.5. The van der Waals surface area contributed by atoms with Gasteiger partial charge in [0.1, 0.15) is 6.10 Å². The van der Waals surface area contributed by atoms with Crippen LogP contribution in [0.4, 0.5) is 0 Å². The topological polar surface area (TPSA) is 63.6 Å². The van der Waals surface area contributed by atoms with Crippen molar-refractivity contribution < 1.29 is 19.4 Å². The number of carboxylic acids is 1. The molecule has 1 atom stereocenters. The van der Waals surface area contributed by atoms with Gasteiger partial charge in [0.15, 0.2) is 0 Å². The Hall–Kier alpha value is -1.84. The molecule has 0 saturated carbocycles. The Bertz CT molecular complexity index is 679. The minimum Gasteiger partial charge on any atom is -0.481 e. The number of hydrogen-bond donors (Lipinski definition) is 1. The van der Waals surface area contributed by atoms with Crippen molar-refractivity contribution in [3.8, 4) is 0 Å². The predicted molar refractivity (Wildman–Crippen MR) is 181 cm³/mol.